The standard InChI is InChI=1S/C60H64N3O.Pt/c1-37(2)42-33-50(38(3)4)56(64)51(34-42)57-62-55-49(20-17-21-54(55)63(57)47-26-27-48(40-18-15-14-16-19-40)52(36-47)60(11,12)13)43-30-44(32-46(31-43)59(8,9)10)53-35-41(28-29-61-53)39-22-24-45(25-23-39)58(5,6)7;/h14-29,31-38,64H,1-13H3;/q-1;. The second-order valence-corrected chi connectivity index (χ2v) is 21.3. The van der Waals surface area contributed by atoms with Crippen molar-refractivity contribution in [2.24, 2.45) is 0 Å². The summed E-state index contributed by atoms with van der Waals surface area (Å²) in [6.45, 7) is 29.0. The number of phenolic OH excluding ortho intramolecular Hbond substituents is 1. The van der Waals surface area contributed by atoms with Crippen molar-refractivity contribution in [3.8, 4) is 67.5 Å². The van der Waals surface area contributed by atoms with Crippen LogP contribution in [0.15, 0.2) is 134 Å². The number of nitrogens with zero attached hydrogens (tertiary/aromatic N) is 3. The first kappa shape index (κ1) is 47.4. The molecule has 2 aromatic heterocycles. The number of para-hydroxylation sites is 1. The second-order valence-electron chi connectivity index (χ2n) is 21.3. The fourth-order valence-corrected chi connectivity index (χ4v) is 8.75. The summed E-state index contributed by atoms with van der Waals surface area (Å²) in [5.41, 5.74) is 17.5. The van der Waals surface area contributed by atoms with E-state index in [4.69, 9.17) is 9.97 Å². The average Bonchev–Trinajstić information content (AvgIpc) is 3.65. The summed E-state index contributed by atoms with van der Waals surface area (Å²) >= 11 is 0. The van der Waals surface area contributed by atoms with Crippen LogP contribution < -0.4 is 0 Å². The molecule has 0 aliphatic carbocycles. The number of aromatic nitrogens is 3. The van der Waals surface area contributed by atoms with Crippen LogP contribution in [-0.4, -0.2) is 19.6 Å². The zero-order chi connectivity index (χ0) is 45.9. The third-order valence-electron chi connectivity index (χ3n) is 12.7. The first-order valence-corrected chi connectivity index (χ1v) is 22.9. The molecule has 0 atom stereocenters. The van der Waals surface area contributed by atoms with Gasteiger partial charge in [-0.3, -0.25) is 9.55 Å². The molecular weight excluding hydrogens is 974 g/mol. The molecule has 1 N–H and O–H groups in total. The molecule has 0 amide bonds. The number of hydrogen-bond donors (Lipinski definition) is 1. The minimum absolute atomic E-state index is 0. The molecule has 2 heterocycles. The Labute approximate surface area is 402 Å². The quantitative estimate of drug-likeness (QED) is 0.154. The number of aromatic hydroxyl groups is 1. The van der Waals surface area contributed by atoms with Gasteiger partial charge in [0.1, 0.15) is 11.6 Å². The molecule has 5 heteroatoms. The van der Waals surface area contributed by atoms with Crippen molar-refractivity contribution < 1.29 is 26.2 Å². The first-order chi connectivity index (χ1) is 30.2. The number of fused-ring (bicyclic) bond motifs is 1. The fourth-order valence-electron chi connectivity index (χ4n) is 8.75. The number of rotatable bonds is 8. The van der Waals surface area contributed by atoms with Crippen molar-refractivity contribution in [2.45, 2.75) is 118 Å². The second kappa shape index (κ2) is 18.0. The van der Waals surface area contributed by atoms with E-state index in [0.29, 0.717) is 5.82 Å². The summed E-state index contributed by atoms with van der Waals surface area (Å²) in [6, 6.07) is 49.7. The Bertz CT molecular complexity index is 2990. The van der Waals surface area contributed by atoms with Gasteiger partial charge in [0, 0.05) is 38.6 Å². The molecule has 0 fully saturated rings. The van der Waals surface area contributed by atoms with Crippen LogP contribution >= 0.6 is 0 Å². The molecule has 6 aromatic carbocycles. The van der Waals surface area contributed by atoms with E-state index in [1.807, 2.05) is 6.20 Å². The van der Waals surface area contributed by atoms with E-state index in [2.05, 4.69) is 228 Å². The van der Waals surface area contributed by atoms with E-state index in [1.54, 1.807) is 0 Å². The Morgan fingerprint density at radius 1 is 0.554 bits per heavy atom. The van der Waals surface area contributed by atoms with Crippen LogP contribution in [0.3, 0.4) is 0 Å². The van der Waals surface area contributed by atoms with Crippen LogP contribution in [0.4, 0.5) is 0 Å². The Balaban J connectivity index is 0.00000630. The maximum atomic E-state index is 12.3. The summed E-state index contributed by atoms with van der Waals surface area (Å²) in [5, 5.41) is 12.3. The van der Waals surface area contributed by atoms with E-state index >= 15 is 0 Å². The van der Waals surface area contributed by atoms with Gasteiger partial charge in [0.15, 0.2) is 0 Å². The number of benzene rings is 6. The number of pyridine rings is 1. The topological polar surface area (TPSA) is 50.9 Å². The van der Waals surface area contributed by atoms with Crippen LogP contribution in [0, 0.1) is 6.07 Å². The van der Waals surface area contributed by atoms with Crippen molar-refractivity contribution in [1.82, 2.24) is 14.5 Å². The summed E-state index contributed by atoms with van der Waals surface area (Å²) in [7, 11) is 0. The molecule has 0 bridgehead atoms. The van der Waals surface area contributed by atoms with Gasteiger partial charge in [0.25, 0.3) is 0 Å². The van der Waals surface area contributed by atoms with Crippen LogP contribution in [-0.2, 0) is 37.3 Å². The summed E-state index contributed by atoms with van der Waals surface area (Å²) in [4.78, 5) is 10.6. The van der Waals surface area contributed by atoms with Crippen molar-refractivity contribution in [3.05, 3.63) is 167 Å². The van der Waals surface area contributed by atoms with E-state index in [0.717, 1.165) is 61.4 Å². The molecule has 336 valence electrons. The van der Waals surface area contributed by atoms with Gasteiger partial charge in [-0.05, 0) is 103 Å². The molecular formula is C60H64N3OPt-. The Kier molecular flexibility index (Phi) is 13.1. The van der Waals surface area contributed by atoms with Crippen molar-refractivity contribution in [1.29, 1.82) is 0 Å². The SMILES string of the molecule is CC(C)c1cc(-c2nc3c(-c4[c-]c(-c5cc(-c6ccc(C(C)(C)C)cc6)ccn5)cc(C(C)(C)C)c4)cccc3n2-c2ccc(-c3ccccc3)c(C(C)(C)C)c2)c(O)c(C(C)C)c1.[Pt]. The van der Waals surface area contributed by atoms with Gasteiger partial charge in [-0.25, -0.2) is 4.98 Å². The molecule has 0 spiro atoms. The largest absolute Gasteiger partial charge is 0.507 e. The minimum atomic E-state index is -0.159. The number of imidazole rings is 1. The molecule has 8 rings (SSSR count). The van der Waals surface area contributed by atoms with Crippen molar-refractivity contribution in [2.75, 3.05) is 0 Å². The average molecular weight is 1040 g/mol. The molecule has 0 saturated heterocycles. The summed E-state index contributed by atoms with van der Waals surface area (Å²) < 4.78 is 2.26. The van der Waals surface area contributed by atoms with E-state index in [1.165, 1.54) is 33.4 Å². The monoisotopic (exact) mass is 1040 g/mol. The van der Waals surface area contributed by atoms with Gasteiger partial charge < -0.3 is 5.11 Å². The Hall–Kier alpha value is -5.57. The normalized spacial score (nSPS) is 12.3. The smallest absolute Gasteiger partial charge is 0.148 e. The van der Waals surface area contributed by atoms with Crippen LogP contribution in [0.25, 0.3) is 72.7 Å². The van der Waals surface area contributed by atoms with Crippen molar-refractivity contribution in [3.63, 3.8) is 0 Å². The van der Waals surface area contributed by atoms with Gasteiger partial charge in [-0.2, -0.15) is 0 Å². The predicted octanol–water partition coefficient (Wildman–Crippen LogP) is 16.4. The fraction of sp³-hybridized carbons (Fsp3) is 0.300. The molecule has 4 nitrogen and oxygen atoms in total. The molecule has 65 heavy (non-hydrogen) atoms. The maximum absolute atomic E-state index is 12.3. The first-order valence-electron chi connectivity index (χ1n) is 22.9. The number of hydrogen-bond acceptors (Lipinski definition) is 3. The van der Waals surface area contributed by atoms with Gasteiger partial charge in [0.05, 0.1) is 16.6 Å². The summed E-state index contributed by atoms with van der Waals surface area (Å²) in [6.07, 6.45) is 1.91. The molecule has 0 radical (unpaired) electrons. The summed E-state index contributed by atoms with van der Waals surface area (Å²) in [5.74, 6) is 1.35. The van der Waals surface area contributed by atoms with Crippen LogP contribution in [0.5, 0.6) is 5.75 Å². The molecule has 0 aliphatic heterocycles. The van der Waals surface area contributed by atoms with Crippen LogP contribution in [0.2, 0.25) is 0 Å². The minimum Gasteiger partial charge on any atom is -0.507 e. The zero-order valence-corrected chi connectivity index (χ0v) is 42.7. The molecule has 8 aromatic rings. The maximum Gasteiger partial charge on any atom is 0.148 e. The predicted molar refractivity (Wildman–Crippen MR) is 271 cm³/mol. The van der Waals surface area contributed by atoms with Crippen LogP contribution in [0.1, 0.15) is 130 Å². The number of phenols is 1. The van der Waals surface area contributed by atoms with Gasteiger partial charge in [0.2, 0.25) is 0 Å². The van der Waals surface area contributed by atoms with Gasteiger partial charge >= 0.3 is 0 Å². The van der Waals surface area contributed by atoms with E-state index < -0.39 is 0 Å². The zero-order valence-electron chi connectivity index (χ0n) is 40.5. The Morgan fingerprint density at radius 3 is 1.86 bits per heavy atom. The van der Waals surface area contributed by atoms with E-state index in [9.17, 15) is 5.11 Å². The third-order valence-corrected chi connectivity index (χ3v) is 12.7. The van der Waals surface area contributed by atoms with E-state index in [-0.39, 0.29) is 54.9 Å². The van der Waals surface area contributed by atoms with Gasteiger partial charge in [-0.15, -0.1) is 29.3 Å². The van der Waals surface area contributed by atoms with Gasteiger partial charge in [-0.1, -0.05) is 186 Å². The molecule has 0 unspecified atom stereocenters. The van der Waals surface area contributed by atoms with Crippen molar-refractivity contribution >= 4 is 11.0 Å². The molecule has 0 aliphatic rings. The Morgan fingerprint density at radius 2 is 1.23 bits per heavy atom. The third kappa shape index (κ3) is 9.57. The molecule has 0 saturated carbocycles.